The molecule has 0 atom stereocenters. The van der Waals surface area contributed by atoms with Crippen molar-refractivity contribution in [3.63, 3.8) is 0 Å². The molecule has 3 radical (unpaired) electrons. The molecule has 0 saturated carbocycles. The first-order valence-electron chi connectivity index (χ1n) is 12.6. The Morgan fingerprint density at radius 2 is 0.921 bits per heavy atom. The minimum absolute atomic E-state index is 0. The van der Waals surface area contributed by atoms with E-state index in [4.69, 9.17) is 19.2 Å². The number of hydrogen-bond acceptors (Lipinski definition) is 4. The number of aliphatic carboxylic acids is 1. The first-order valence-corrected chi connectivity index (χ1v) is 12.6. The number of benzene rings is 2. The Kier molecular flexibility index (Phi) is 18.7. The molecule has 1 saturated heterocycles. The normalized spacial score (nSPS) is 12.1. The van der Waals surface area contributed by atoms with E-state index in [9.17, 15) is 0 Å². The zero-order valence-corrected chi connectivity index (χ0v) is 25.7. The number of para-hydroxylation sites is 2. The van der Waals surface area contributed by atoms with Crippen LogP contribution in [-0.2, 0) is 33.6 Å². The minimum Gasteiger partial charge on any atom is 0 e. The Bertz CT molecular complexity index is 897. The second kappa shape index (κ2) is 18.8. The molecular formula is C31H41N2O4Rh-. The maximum atomic E-state index is 8.89. The molecule has 2 aromatic carbocycles. The maximum absolute atomic E-state index is 8.89. The van der Waals surface area contributed by atoms with Crippen LogP contribution in [0.15, 0.2) is 36.4 Å². The zero-order chi connectivity index (χ0) is 28.9. The first-order chi connectivity index (χ1) is 17.5. The number of anilines is 2. The fourth-order valence-corrected chi connectivity index (χ4v) is 4.42. The van der Waals surface area contributed by atoms with Crippen LogP contribution in [0.3, 0.4) is 0 Å². The van der Waals surface area contributed by atoms with Crippen LogP contribution in [0, 0.1) is 20.0 Å². The van der Waals surface area contributed by atoms with Crippen molar-refractivity contribution in [3.05, 3.63) is 78.6 Å². The molecule has 0 aliphatic carbocycles. The van der Waals surface area contributed by atoms with E-state index in [1.165, 1.54) is 33.6 Å². The molecular weight excluding hydrogens is 567 g/mol. The molecule has 3 rings (SSSR count). The fraction of sp³-hybridized carbons (Fsp3) is 0.484. The molecule has 0 N–H and O–H groups in total. The van der Waals surface area contributed by atoms with Gasteiger partial charge in [0.15, 0.2) is 0 Å². The van der Waals surface area contributed by atoms with E-state index >= 15 is 0 Å². The van der Waals surface area contributed by atoms with Crippen molar-refractivity contribution < 1.29 is 38.7 Å². The number of carboxylic acids is 1. The van der Waals surface area contributed by atoms with Crippen LogP contribution in [0.25, 0.3) is 0 Å². The Hall–Kier alpha value is -2.39. The SMILES string of the molecule is CC(=O)[O-].CC(C)c1cccc(C(C)C)c1N1[C]N(c2c(C(C)C)cccc2C(C)C)CC1.[C-]#[O+].[C-]#[O+].[Rh]. The van der Waals surface area contributed by atoms with Gasteiger partial charge in [-0.15, -0.1) is 0 Å². The molecule has 1 fully saturated rings. The smallest absolute Gasteiger partial charge is 0 e. The van der Waals surface area contributed by atoms with Crippen LogP contribution < -0.4 is 14.9 Å². The van der Waals surface area contributed by atoms with Gasteiger partial charge in [-0.3, -0.25) is 0 Å². The van der Waals surface area contributed by atoms with Crippen molar-refractivity contribution in [2.45, 2.75) is 86.0 Å². The van der Waals surface area contributed by atoms with Crippen molar-refractivity contribution in [2.24, 2.45) is 0 Å². The summed E-state index contributed by atoms with van der Waals surface area (Å²) >= 11 is 0. The van der Waals surface area contributed by atoms with E-state index in [2.05, 4.69) is 122 Å². The summed E-state index contributed by atoms with van der Waals surface area (Å²) in [5.41, 5.74) is 8.43. The number of hydrogen-bond donors (Lipinski definition) is 0. The third-order valence-electron chi connectivity index (χ3n) is 6.01. The monoisotopic (exact) mass is 608 g/mol. The summed E-state index contributed by atoms with van der Waals surface area (Å²) in [5, 5.41) is 8.89. The predicted molar refractivity (Wildman–Crippen MR) is 146 cm³/mol. The summed E-state index contributed by atoms with van der Waals surface area (Å²) in [4.78, 5) is 13.7. The first kappa shape index (κ1) is 37.8. The van der Waals surface area contributed by atoms with E-state index < -0.39 is 5.97 Å². The summed E-state index contributed by atoms with van der Waals surface area (Å²) in [6, 6.07) is 13.6. The largest absolute Gasteiger partial charge is 0 e. The summed E-state index contributed by atoms with van der Waals surface area (Å²) in [6.07, 6.45) is 0. The molecule has 0 spiro atoms. The van der Waals surface area contributed by atoms with Crippen LogP contribution in [0.5, 0.6) is 0 Å². The zero-order valence-electron chi connectivity index (χ0n) is 24.0. The Morgan fingerprint density at radius 1 is 0.711 bits per heavy atom. The van der Waals surface area contributed by atoms with Gasteiger partial charge < -0.3 is 19.7 Å². The molecule has 2 aromatic rings. The van der Waals surface area contributed by atoms with Gasteiger partial charge >= 0.3 is 22.6 Å². The molecule has 1 heterocycles. The molecule has 0 unspecified atom stereocenters. The average Bonchev–Trinajstić information content (AvgIpc) is 3.34. The molecule has 1 aliphatic heterocycles. The van der Waals surface area contributed by atoms with Gasteiger partial charge in [0.05, 0.1) is 0 Å². The van der Waals surface area contributed by atoms with Crippen LogP contribution in [0.2, 0.25) is 0 Å². The molecule has 7 heteroatoms. The molecule has 0 aromatic heterocycles. The quantitative estimate of drug-likeness (QED) is 0.223. The summed E-state index contributed by atoms with van der Waals surface area (Å²) in [7, 11) is 0. The second-order valence-corrected chi connectivity index (χ2v) is 10.1. The Balaban J connectivity index is 0. The van der Waals surface area contributed by atoms with Crippen molar-refractivity contribution in [1.29, 1.82) is 0 Å². The number of carbonyl (C=O) groups is 1. The summed E-state index contributed by atoms with van der Waals surface area (Å²) < 4.78 is 15.0. The van der Waals surface area contributed by atoms with E-state index in [0.717, 1.165) is 20.0 Å². The van der Waals surface area contributed by atoms with Crippen molar-refractivity contribution >= 4 is 17.3 Å². The molecule has 0 amide bonds. The molecule has 0 bridgehead atoms. The number of rotatable bonds is 6. The minimum atomic E-state index is -1.08. The number of carbonyl (C=O) groups excluding carboxylic acids is 1. The Morgan fingerprint density at radius 3 is 1.11 bits per heavy atom. The molecule has 6 nitrogen and oxygen atoms in total. The topological polar surface area (TPSA) is 86.4 Å². The van der Waals surface area contributed by atoms with Gasteiger partial charge in [0.25, 0.3) is 0 Å². The van der Waals surface area contributed by atoms with E-state index in [-0.39, 0.29) is 19.5 Å². The molecule has 1 aliphatic rings. The van der Waals surface area contributed by atoms with Crippen LogP contribution in [0.1, 0.15) is 108 Å². The molecule has 38 heavy (non-hydrogen) atoms. The van der Waals surface area contributed by atoms with Crippen molar-refractivity contribution in [2.75, 3.05) is 22.9 Å². The second-order valence-electron chi connectivity index (χ2n) is 10.1. The van der Waals surface area contributed by atoms with Crippen molar-refractivity contribution in [3.8, 4) is 0 Å². The van der Waals surface area contributed by atoms with Gasteiger partial charge in [-0.05, 0) is 52.8 Å². The van der Waals surface area contributed by atoms with E-state index in [0.29, 0.717) is 23.7 Å². The standard InChI is InChI=1S/C27H38N2.C2H4O2.2CO.Rh/c1-18(2)22-11-9-12-23(19(3)4)26(22)28-15-16-29(17-28)27-24(20(5)6)13-10-14-25(27)21(7)8;1-2(3)4;2*1-2;/h9-14,18-21H,15-16H2,1-8H3;1H3,(H,3,4);;;/p-1. The van der Waals surface area contributed by atoms with Gasteiger partial charge in [-0.25, -0.2) is 0 Å². The van der Waals surface area contributed by atoms with Gasteiger partial charge in [-0.2, -0.15) is 0 Å². The predicted octanol–water partition coefficient (Wildman–Crippen LogP) is 6.18. The van der Waals surface area contributed by atoms with Crippen LogP contribution in [0.4, 0.5) is 11.4 Å². The third-order valence-corrected chi connectivity index (χ3v) is 6.01. The van der Waals surface area contributed by atoms with Gasteiger partial charge in [-0.1, -0.05) is 91.8 Å². The summed E-state index contributed by atoms with van der Waals surface area (Å²) in [6.45, 7) is 34.0. The van der Waals surface area contributed by atoms with Crippen LogP contribution >= 0.6 is 0 Å². The number of carboxylic acid groups (broad SMARTS) is 1. The third kappa shape index (κ3) is 10.4. The van der Waals surface area contributed by atoms with Gasteiger partial charge in [0.2, 0.25) is 6.67 Å². The summed E-state index contributed by atoms with van der Waals surface area (Å²) in [5.74, 6) is 0.893. The van der Waals surface area contributed by atoms with E-state index in [1.54, 1.807) is 0 Å². The van der Waals surface area contributed by atoms with Gasteiger partial charge in [0.1, 0.15) is 0 Å². The maximum Gasteiger partial charge on any atom is 0 e. The average molecular weight is 609 g/mol. The Labute approximate surface area is 243 Å². The van der Waals surface area contributed by atoms with Crippen molar-refractivity contribution in [1.82, 2.24) is 0 Å². The van der Waals surface area contributed by atoms with E-state index in [1.807, 2.05) is 0 Å². The number of nitrogens with zero attached hydrogens (tertiary/aromatic N) is 2. The fourth-order valence-electron chi connectivity index (χ4n) is 4.42. The van der Waals surface area contributed by atoms with Crippen LogP contribution in [-0.4, -0.2) is 19.1 Å². The van der Waals surface area contributed by atoms with Gasteiger partial charge in [0, 0.05) is 49.9 Å². The molecule has 209 valence electrons.